The van der Waals surface area contributed by atoms with Crippen molar-refractivity contribution in [3.8, 4) is 11.3 Å². The van der Waals surface area contributed by atoms with Crippen LogP contribution < -0.4 is 5.73 Å². The van der Waals surface area contributed by atoms with Gasteiger partial charge in [-0.25, -0.2) is 4.99 Å². The van der Waals surface area contributed by atoms with Gasteiger partial charge in [0, 0.05) is 18.7 Å². The summed E-state index contributed by atoms with van der Waals surface area (Å²) in [4.78, 5) is 6.48. The van der Waals surface area contributed by atoms with E-state index in [1.165, 1.54) is 0 Å². The molecule has 0 bridgehead atoms. The molecule has 1 aliphatic heterocycles. The topological polar surface area (TPSA) is 64.0 Å². The monoisotopic (exact) mass is 299 g/mol. The number of rotatable bonds is 3. The minimum absolute atomic E-state index is 0.191. The van der Waals surface area contributed by atoms with Crippen LogP contribution in [0.25, 0.3) is 11.3 Å². The Bertz CT molecular complexity index is 636. The fourth-order valence-corrected chi connectivity index (χ4v) is 2.51. The summed E-state index contributed by atoms with van der Waals surface area (Å²) in [5.41, 5.74) is 7.12. The quantitative estimate of drug-likeness (QED) is 0.698. The van der Waals surface area contributed by atoms with Gasteiger partial charge in [0.25, 0.3) is 0 Å². The van der Waals surface area contributed by atoms with Crippen molar-refractivity contribution in [3.63, 3.8) is 0 Å². The highest BCUT2D eigenvalue weighted by Crippen LogP contribution is 2.22. The number of guanidine groups is 1. The second-order valence-electron chi connectivity index (χ2n) is 5.43. The van der Waals surface area contributed by atoms with Crippen LogP contribution in [0, 0.1) is 0 Å². The van der Waals surface area contributed by atoms with E-state index < -0.39 is 0 Å². The maximum Gasteiger partial charge on any atom is 0.191 e. The average Bonchev–Trinajstić information content (AvgIpc) is 3.02. The van der Waals surface area contributed by atoms with Gasteiger partial charge in [-0.1, -0.05) is 30.3 Å². The zero-order valence-electron chi connectivity index (χ0n) is 12.7. The highest BCUT2D eigenvalue weighted by atomic mass is 16.5. The summed E-state index contributed by atoms with van der Waals surface area (Å²) in [5, 5.41) is 0. The number of hydrogen-bond donors (Lipinski definition) is 1. The van der Waals surface area contributed by atoms with Gasteiger partial charge in [0.05, 0.1) is 12.7 Å². The first-order chi connectivity index (χ1) is 10.7. The molecule has 1 unspecified atom stereocenters. The molecule has 1 aromatic heterocycles. The zero-order chi connectivity index (χ0) is 15.4. The van der Waals surface area contributed by atoms with Crippen molar-refractivity contribution >= 4 is 5.96 Å². The molecule has 1 saturated heterocycles. The van der Waals surface area contributed by atoms with Crippen molar-refractivity contribution in [3.05, 3.63) is 48.2 Å². The molecule has 0 saturated carbocycles. The molecule has 1 atom stereocenters. The third-order valence-corrected chi connectivity index (χ3v) is 3.68. The fraction of sp³-hybridized carbons (Fsp3) is 0.353. The Balaban J connectivity index is 1.64. The highest BCUT2D eigenvalue weighted by molar-refractivity contribution is 5.78. The molecule has 0 radical (unpaired) electrons. The summed E-state index contributed by atoms with van der Waals surface area (Å²) in [5.74, 6) is 2.21. The second kappa shape index (κ2) is 6.66. The SMILES string of the molecule is CC1CN(C(N)=NCc2ccc(-c3ccccc3)o2)CCO1. The van der Waals surface area contributed by atoms with Gasteiger partial charge in [-0.3, -0.25) is 0 Å². The lowest BCUT2D eigenvalue weighted by atomic mass is 10.2. The van der Waals surface area contributed by atoms with Crippen molar-refractivity contribution in [2.75, 3.05) is 19.7 Å². The summed E-state index contributed by atoms with van der Waals surface area (Å²) in [6.07, 6.45) is 0.191. The molecular weight excluding hydrogens is 278 g/mol. The molecule has 1 aromatic carbocycles. The molecule has 3 rings (SSSR count). The van der Waals surface area contributed by atoms with Gasteiger partial charge in [-0.15, -0.1) is 0 Å². The van der Waals surface area contributed by atoms with Gasteiger partial charge < -0.3 is 19.8 Å². The summed E-state index contributed by atoms with van der Waals surface area (Å²) in [6, 6.07) is 13.9. The van der Waals surface area contributed by atoms with Gasteiger partial charge in [0.1, 0.15) is 18.1 Å². The Morgan fingerprint density at radius 1 is 1.27 bits per heavy atom. The average molecular weight is 299 g/mol. The predicted molar refractivity (Wildman–Crippen MR) is 86.5 cm³/mol. The van der Waals surface area contributed by atoms with Crippen molar-refractivity contribution < 1.29 is 9.15 Å². The lowest BCUT2D eigenvalue weighted by Gasteiger charge is -2.31. The van der Waals surface area contributed by atoms with E-state index in [4.69, 9.17) is 14.9 Å². The number of morpholine rings is 1. The van der Waals surface area contributed by atoms with Crippen LogP contribution in [0.4, 0.5) is 0 Å². The van der Waals surface area contributed by atoms with Crippen LogP contribution in [0.15, 0.2) is 51.9 Å². The molecule has 22 heavy (non-hydrogen) atoms. The first-order valence-electron chi connectivity index (χ1n) is 7.53. The Labute approximate surface area is 130 Å². The van der Waals surface area contributed by atoms with E-state index >= 15 is 0 Å². The summed E-state index contributed by atoms with van der Waals surface area (Å²) in [6.45, 7) is 4.74. The van der Waals surface area contributed by atoms with Crippen molar-refractivity contribution in [1.29, 1.82) is 0 Å². The third kappa shape index (κ3) is 3.49. The molecule has 0 aliphatic carbocycles. The number of hydrogen-bond acceptors (Lipinski definition) is 3. The van der Waals surface area contributed by atoms with Gasteiger partial charge in [-0.2, -0.15) is 0 Å². The molecule has 1 aliphatic rings. The zero-order valence-corrected chi connectivity index (χ0v) is 12.7. The number of nitrogens with zero attached hydrogens (tertiary/aromatic N) is 2. The van der Waals surface area contributed by atoms with E-state index in [1.807, 2.05) is 49.4 Å². The normalized spacial score (nSPS) is 19.4. The number of furan rings is 1. The maximum absolute atomic E-state index is 6.06. The van der Waals surface area contributed by atoms with Crippen molar-refractivity contribution in [2.24, 2.45) is 10.7 Å². The summed E-state index contributed by atoms with van der Waals surface area (Å²) >= 11 is 0. The van der Waals surface area contributed by atoms with Crippen LogP contribution in [-0.4, -0.2) is 36.7 Å². The molecule has 0 amide bonds. The maximum atomic E-state index is 6.06. The van der Waals surface area contributed by atoms with Gasteiger partial charge >= 0.3 is 0 Å². The van der Waals surface area contributed by atoms with Crippen LogP contribution in [0.3, 0.4) is 0 Å². The summed E-state index contributed by atoms with van der Waals surface area (Å²) < 4.78 is 11.3. The first-order valence-corrected chi connectivity index (χ1v) is 7.53. The molecule has 2 N–H and O–H groups in total. The van der Waals surface area contributed by atoms with Crippen molar-refractivity contribution in [1.82, 2.24) is 4.90 Å². The van der Waals surface area contributed by atoms with Crippen LogP contribution in [-0.2, 0) is 11.3 Å². The molecule has 2 heterocycles. The lowest BCUT2D eigenvalue weighted by molar-refractivity contribution is 0.00528. The smallest absolute Gasteiger partial charge is 0.191 e. The van der Waals surface area contributed by atoms with Crippen LogP contribution >= 0.6 is 0 Å². The Kier molecular flexibility index (Phi) is 4.44. The largest absolute Gasteiger partial charge is 0.459 e. The molecule has 5 heteroatoms. The molecule has 0 spiro atoms. The minimum Gasteiger partial charge on any atom is -0.459 e. The van der Waals surface area contributed by atoms with Gasteiger partial charge in [0.15, 0.2) is 5.96 Å². The van der Waals surface area contributed by atoms with Gasteiger partial charge in [0.2, 0.25) is 0 Å². The standard InChI is InChI=1S/C17H21N3O2/c1-13-12-20(9-10-21-13)17(18)19-11-15-7-8-16(22-15)14-5-3-2-4-6-14/h2-8,13H,9-12H2,1H3,(H2,18,19). The van der Waals surface area contributed by atoms with E-state index in [-0.39, 0.29) is 6.10 Å². The Morgan fingerprint density at radius 3 is 2.86 bits per heavy atom. The third-order valence-electron chi connectivity index (χ3n) is 3.68. The first kappa shape index (κ1) is 14.7. The van der Waals surface area contributed by atoms with Crippen LogP contribution in [0.5, 0.6) is 0 Å². The Hall–Kier alpha value is -2.27. The van der Waals surface area contributed by atoms with Crippen LogP contribution in [0.2, 0.25) is 0 Å². The van der Waals surface area contributed by atoms with Crippen molar-refractivity contribution in [2.45, 2.75) is 19.6 Å². The summed E-state index contributed by atoms with van der Waals surface area (Å²) in [7, 11) is 0. The van der Waals surface area contributed by atoms with E-state index in [0.29, 0.717) is 19.1 Å². The number of nitrogens with two attached hydrogens (primary N) is 1. The fourth-order valence-electron chi connectivity index (χ4n) is 2.51. The van der Waals surface area contributed by atoms with E-state index in [0.717, 1.165) is 30.2 Å². The molecule has 116 valence electrons. The highest BCUT2D eigenvalue weighted by Gasteiger charge is 2.18. The van der Waals surface area contributed by atoms with E-state index in [1.54, 1.807) is 0 Å². The molecule has 1 fully saturated rings. The van der Waals surface area contributed by atoms with Gasteiger partial charge in [-0.05, 0) is 19.1 Å². The minimum atomic E-state index is 0.191. The van der Waals surface area contributed by atoms with Crippen LogP contribution in [0.1, 0.15) is 12.7 Å². The second-order valence-corrected chi connectivity index (χ2v) is 5.43. The lowest BCUT2D eigenvalue weighted by Crippen LogP contribution is -2.47. The van der Waals surface area contributed by atoms with E-state index in [9.17, 15) is 0 Å². The molecular formula is C17H21N3O2. The number of ether oxygens (including phenoxy) is 1. The van der Waals surface area contributed by atoms with E-state index in [2.05, 4.69) is 9.89 Å². The number of benzene rings is 1. The predicted octanol–water partition coefficient (Wildman–Crippen LogP) is 2.48. The molecule has 2 aromatic rings. The number of aliphatic imine (C=N–C) groups is 1. The molecule has 5 nitrogen and oxygen atoms in total. The Morgan fingerprint density at radius 2 is 2.09 bits per heavy atom.